The first-order valence-corrected chi connectivity index (χ1v) is 8.20. The SMILES string of the molecule is CC(C)c1ccccc1NC(=O)C(C(C)C)N(CC(=O)O)CC(=O)O. The first kappa shape index (κ1) is 20.6. The molecule has 1 aromatic carbocycles. The molecule has 7 heteroatoms. The summed E-state index contributed by atoms with van der Waals surface area (Å²) in [6, 6.07) is 6.51. The van der Waals surface area contributed by atoms with Gasteiger partial charge in [-0.1, -0.05) is 45.9 Å². The van der Waals surface area contributed by atoms with E-state index in [1.54, 1.807) is 26.0 Å². The van der Waals surface area contributed by atoms with Crippen molar-refractivity contribution in [2.45, 2.75) is 39.7 Å². The van der Waals surface area contributed by atoms with Gasteiger partial charge in [-0.05, 0) is 23.5 Å². The van der Waals surface area contributed by atoms with Gasteiger partial charge < -0.3 is 15.5 Å². The van der Waals surface area contributed by atoms with Gasteiger partial charge in [0.1, 0.15) is 0 Å². The average Bonchev–Trinajstić information content (AvgIpc) is 2.45. The van der Waals surface area contributed by atoms with Gasteiger partial charge in [0.15, 0.2) is 0 Å². The van der Waals surface area contributed by atoms with Crippen molar-refractivity contribution in [2.75, 3.05) is 18.4 Å². The monoisotopic (exact) mass is 350 g/mol. The minimum atomic E-state index is -1.18. The molecule has 1 atom stereocenters. The molecule has 0 heterocycles. The molecule has 1 aromatic rings. The van der Waals surface area contributed by atoms with E-state index in [1.807, 2.05) is 26.0 Å². The van der Waals surface area contributed by atoms with Crippen molar-refractivity contribution in [3.63, 3.8) is 0 Å². The predicted molar refractivity (Wildman–Crippen MR) is 94.6 cm³/mol. The van der Waals surface area contributed by atoms with Gasteiger partial charge in [-0.25, -0.2) is 0 Å². The average molecular weight is 350 g/mol. The van der Waals surface area contributed by atoms with Gasteiger partial charge in [-0.15, -0.1) is 0 Å². The normalized spacial score (nSPS) is 12.4. The topological polar surface area (TPSA) is 107 Å². The van der Waals surface area contributed by atoms with Crippen LogP contribution in [0.25, 0.3) is 0 Å². The van der Waals surface area contributed by atoms with E-state index in [-0.39, 0.29) is 11.8 Å². The number of amides is 1. The van der Waals surface area contributed by atoms with Crippen molar-refractivity contribution in [3.8, 4) is 0 Å². The Labute approximate surface area is 147 Å². The summed E-state index contributed by atoms with van der Waals surface area (Å²) in [5, 5.41) is 20.9. The van der Waals surface area contributed by atoms with Crippen LogP contribution in [-0.2, 0) is 14.4 Å². The minimum Gasteiger partial charge on any atom is -0.480 e. The molecule has 1 amide bonds. The first-order valence-electron chi connectivity index (χ1n) is 8.20. The zero-order valence-corrected chi connectivity index (χ0v) is 15.0. The number of para-hydroxylation sites is 1. The molecule has 0 aromatic heterocycles. The molecule has 0 fully saturated rings. The van der Waals surface area contributed by atoms with Gasteiger partial charge in [0.05, 0.1) is 19.1 Å². The van der Waals surface area contributed by atoms with Crippen molar-refractivity contribution in [2.24, 2.45) is 5.92 Å². The highest BCUT2D eigenvalue weighted by molar-refractivity contribution is 5.96. The van der Waals surface area contributed by atoms with Crippen LogP contribution in [0.15, 0.2) is 24.3 Å². The predicted octanol–water partition coefficient (Wildman–Crippen LogP) is 2.24. The summed E-state index contributed by atoms with van der Waals surface area (Å²) in [6.07, 6.45) is 0. The number of anilines is 1. The molecule has 0 aliphatic rings. The molecule has 0 aliphatic carbocycles. The first-order chi connectivity index (χ1) is 11.6. The molecular formula is C18H26N2O5. The molecule has 0 saturated heterocycles. The maximum atomic E-state index is 12.8. The van der Waals surface area contributed by atoms with Crippen LogP contribution in [0.1, 0.15) is 39.2 Å². The van der Waals surface area contributed by atoms with Gasteiger partial charge in [0, 0.05) is 5.69 Å². The number of carbonyl (C=O) groups is 3. The number of nitrogens with one attached hydrogen (secondary N) is 1. The maximum absolute atomic E-state index is 12.8. The Balaban J connectivity index is 3.10. The van der Waals surface area contributed by atoms with Gasteiger partial charge in [-0.3, -0.25) is 19.3 Å². The van der Waals surface area contributed by atoms with E-state index in [1.165, 1.54) is 4.90 Å². The lowest BCUT2D eigenvalue weighted by Gasteiger charge is -2.31. The fourth-order valence-electron chi connectivity index (χ4n) is 2.81. The fourth-order valence-corrected chi connectivity index (χ4v) is 2.81. The highest BCUT2D eigenvalue weighted by Crippen LogP contribution is 2.24. The smallest absolute Gasteiger partial charge is 0.317 e. The molecule has 0 bridgehead atoms. The van der Waals surface area contributed by atoms with Crippen molar-refractivity contribution in [3.05, 3.63) is 29.8 Å². The molecule has 25 heavy (non-hydrogen) atoms. The van der Waals surface area contributed by atoms with Crippen LogP contribution in [0, 0.1) is 5.92 Å². The number of carbonyl (C=O) groups excluding carboxylic acids is 1. The van der Waals surface area contributed by atoms with E-state index < -0.39 is 37.0 Å². The maximum Gasteiger partial charge on any atom is 0.317 e. The van der Waals surface area contributed by atoms with Gasteiger partial charge in [-0.2, -0.15) is 0 Å². The highest BCUT2D eigenvalue weighted by Gasteiger charge is 2.32. The number of rotatable bonds is 9. The third-order valence-corrected chi connectivity index (χ3v) is 3.81. The largest absolute Gasteiger partial charge is 0.480 e. The van der Waals surface area contributed by atoms with E-state index in [2.05, 4.69) is 5.32 Å². The molecule has 0 saturated carbocycles. The van der Waals surface area contributed by atoms with Gasteiger partial charge in [0.25, 0.3) is 0 Å². The number of hydrogen-bond donors (Lipinski definition) is 3. The Morgan fingerprint density at radius 3 is 1.96 bits per heavy atom. The Morgan fingerprint density at radius 2 is 1.52 bits per heavy atom. The Kier molecular flexibility index (Phi) is 7.57. The summed E-state index contributed by atoms with van der Waals surface area (Å²) >= 11 is 0. The number of carboxylic acids is 2. The molecule has 3 N–H and O–H groups in total. The summed E-state index contributed by atoms with van der Waals surface area (Å²) in [7, 11) is 0. The second-order valence-electron chi connectivity index (χ2n) is 6.61. The summed E-state index contributed by atoms with van der Waals surface area (Å²) in [6.45, 7) is 6.49. The van der Waals surface area contributed by atoms with Crippen molar-refractivity contribution in [1.29, 1.82) is 0 Å². The molecular weight excluding hydrogens is 324 g/mol. The summed E-state index contributed by atoms with van der Waals surface area (Å²) in [5.74, 6) is -2.83. The quantitative estimate of drug-likeness (QED) is 0.630. The third-order valence-electron chi connectivity index (χ3n) is 3.81. The molecule has 7 nitrogen and oxygen atoms in total. The fraction of sp³-hybridized carbons (Fsp3) is 0.500. The molecule has 0 radical (unpaired) electrons. The molecule has 0 aliphatic heterocycles. The van der Waals surface area contributed by atoms with E-state index in [9.17, 15) is 14.4 Å². The van der Waals surface area contributed by atoms with Crippen molar-refractivity contribution >= 4 is 23.5 Å². The van der Waals surface area contributed by atoms with E-state index in [0.29, 0.717) is 5.69 Å². The van der Waals surface area contributed by atoms with Crippen LogP contribution in [-0.4, -0.2) is 52.1 Å². The number of nitrogens with zero attached hydrogens (tertiary/aromatic N) is 1. The lowest BCUT2D eigenvalue weighted by Crippen LogP contribution is -2.51. The number of carboxylic acid groups (broad SMARTS) is 2. The van der Waals surface area contributed by atoms with E-state index >= 15 is 0 Å². The second-order valence-corrected chi connectivity index (χ2v) is 6.61. The Hall–Kier alpha value is -2.41. The van der Waals surface area contributed by atoms with Crippen LogP contribution >= 0.6 is 0 Å². The van der Waals surface area contributed by atoms with E-state index in [4.69, 9.17) is 10.2 Å². The second kappa shape index (κ2) is 9.17. The third kappa shape index (κ3) is 6.19. The summed E-state index contributed by atoms with van der Waals surface area (Å²) in [4.78, 5) is 36.1. The zero-order chi connectivity index (χ0) is 19.1. The number of aliphatic carboxylic acids is 2. The lowest BCUT2D eigenvalue weighted by molar-refractivity contribution is -0.144. The van der Waals surface area contributed by atoms with Crippen LogP contribution < -0.4 is 5.32 Å². The highest BCUT2D eigenvalue weighted by atomic mass is 16.4. The number of hydrogen-bond acceptors (Lipinski definition) is 4. The van der Waals surface area contributed by atoms with Crippen LogP contribution in [0.4, 0.5) is 5.69 Å². The number of benzene rings is 1. The molecule has 1 unspecified atom stereocenters. The summed E-state index contributed by atoms with van der Waals surface area (Å²) in [5.41, 5.74) is 1.61. The van der Waals surface area contributed by atoms with Crippen molar-refractivity contribution < 1.29 is 24.6 Å². The Bertz CT molecular complexity index is 612. The standard InChI is InChI=1S/C18H26N2O5/c1-11(2)13-7-5-6-8-14(13)19-18(25)17(12(3)4)20(9-15(21)22)10-16(23)24/h5-8,11-12,17H,9-10H2,1-4H3,(H,19,25)(H,21,22)(H,23,24). The van der Waals surface area contributed by atoms with Crippen LogP contribution in [0.2, 0.25) is 0 Å². The Morgan fingerprint density at radius 1 is 1.00 bits per heavy atom. The molecule has 0 spiro atoms. The summed E-state index contributed by atoms with van der Waals surface area (Å²) < 4.78 is 0. The molecule has 1 rings (SSSR count). The molecule has 138 valence electrons. The van der Waals surface area contributed by atoms with Crippen LogP contribution in [0.5, 0.6) is 0 Å². The van der Waals surface area contributed by atoms with E-state index in [0.717, 1.165) is 5.56 Å². The van der Waals surface area contributed by atoms with Crippen molar-refractivity contribution in [1.82, 2.24) is 4.90 Å². The van der Waals surface area contributed by atoms with Gasteiger partial charge >= 0.3 is 11.9 Å². The minimum absolute atomic E-state index is 0.197. The van der Waals surface area contributed by atoms with Gasteiger partial charge in [0.2, 0.25) is 5.91 Å². The zero-order valence-electron chi connectivity index (χ0n) is 15.0. The lowest BCUT2D eigenvalue weighted by atomic mass is 9.98. The van der Waals surface area contributed by atoms with Crippen LogP contribution in [0.3, 0.4) is 0 Å².